The molecule has 20 heavy (non-hydrogen) atoms. The van der Waals surface area contributed by atoms with E-state index in [0.29, 0.717) is 6.54 Å². The maximum Gasteiger partial charge on any atom is 0.238 e. The molecule has 0 radical (unpaired) electrons. The fraction of sp³-hybridized carbons (Fsp3) is 0.500. The minimum Gasteiger partial charge on any atom is -0.497 e. The minimum atomic E-state index is -0.0576. The molecular formula is C14H20N2O3S. The van der Waals surface area contributed by atoms with Crippen molar-refractivity contribution in [2.24, 2.45) is 0 Å². The van der Waals surface area contributed by atoms with Crippen molar-refractivity contribution < 1.29 is 14.3 Å². The van der Waals surface area contributed by atoms with Crippen LogP contribution in [0.3, 0.4) is 0 Å². The number of carbonyl (C=O) groups excluding carboxylic acids is 1. The average Bonchev–Trinajstić information content (AvgIpc) is 3.01. The highest BCUT2D eigenvalue weighted by atomic mass is 32.2. The minimum absolute atomic E-state index is 0.0576. The summed E-state index contributed by atoms with van der Waals surface area (Å²) in [4.78, 5) is 11.9. The molecule has 0 bridgehead atoms. The van der Waals surface area contributed by atoms with Crippen LogP contribution in [0.5, 0.6) is 11.5 Å². The molecule has 1 aromatic rings. The Morgan fingerprint density at radius 2 is 2.30 bits per heavy atom. The number of hydrogen-bond acceptors (Lipinski definition) is 5. The lowest BCUT2D eigenvalue weighted by molar-refractivity contribution is -0.122. The number of benzene rings is 1. The van der Waals surface area contributed by atoms with Crippen LogP contribution < -0.4 is 20.1 Å². The third-order valence-corrected chi connectivity index (χ3v) is 4.16. The first-order chi connectivity index (χ1) is 9.74. The maximum atomic E-state index is 11.9. The Morgan fingerprint density at radius 1 is 1.45 bits per heavy atom. The van der Waals surface area contributed by atoms with Crippen molar-refractivity contribution in [3.8, 4) is 11.5 Å². The number of ether oxygens (including phenoxy) is 2. The van der Waals surface area contributed by atoms with Gasteiger partial charge in [0.05, 0.1) is 20.3 Å². The Hall–Kier alpha value is -1.40. The molecule has 1 heterocycles. The number of methoxy groups -OCH3 is 2. The summed E-state index contributed by atoms with van der Waals surface area (Å²) in [5.74, 6) is 3.32. The van der Waals surface area contributed by atoms with Crippen LogP contribution >= 0.6 is 11.8 Å². The number of thioether (sulfide) groups is 1. The van der Waals surface area contributed by atoms with Gasteiger partial charge in [0.15, 0.2) is 0 Å². The summed E-state index contributed by atoms with van der Waals surface area (Å²) in [5.41, 5.74) is 1.06. The molecule has 5 nitrogen and oxygen atoms in total. The molecule has 1 atom stereocenters. The first kappa shape index (κ1) is 15.0. The van der Waals surface area contributed by atoms with E-state index in [-0.39, 0.29) is 11.9 Å². The molecule has 1 aliphatic heterocycles. The second-order valence-electron chi connectivity index (χ2n) is 4.49. The highest BCUT2D eigenvalue weighted by molar-refractivity contribution is 7.99. The molecule has 1 aliphatic rings. The van der Waals surface area contributed by atoms with Gasteiger partial charge in [-0.3, -0.25) is 10.1 Å². The summed E-state index contributed by atoms with van der Waals surface area (Å²) < 4.78 is 10.5. The van der Waals surface area contributed by atoms with Crippen molar-refractivity contribution in [2.75, 3.05) is 32.4 Å². The summed E-state index contributed by atoms with van der Waals surface area (Å²) >= 11 is 1.74. The fourth-order valence-electron chi connectivity index (χ4n) is 2.07. The van der Waals surface area contributed by atoms with Gasteiger partial charge >= 0.3 is 0 Å². The fourth-order valence-corrected chi connectivity index (χ4v) is 3.01. The molecule has 2 rings (SSSR count). The topological polar surface area (TPSA) is 59.6 Å². The van der Waals surface area contributed by atoms with Gasteiger partial charge in [-0.2, -0.15) is 0 Å². The monoisotopic (exact) mass is 296 g/mol. The van der Waals surface area contributed by atoms with Crippen molar-refractivity contribution in [2.45, 2.75) is 12.5 Å². The Kier molecular flexibility index (Phi) is 5.55. The van der Waals surface area contributed by atoms with Crippen LogP contribution in [0.15, 0.2) is 18.2 Å². The third kappa shape index (κ3) is 3.80. The van der Waals surface area contributed by atoms with Crippen LogP contribution in [0, 0.1) is 0 Å². The molecule has 110 valence electrons. The number of hydrogen-bond donors (Lipinski definition) is 2. The summed E-state index contributed by atoms with van der Waals surface area (Å²) in [6, 6.07) is 5.66. The van der Waals surface area contributed by atoms with Gasteiger partial charge in [-0.25, -0.2) is 0 Å². The highest BCUT2D eigenvalue weighted by Gasteiger charge is 2.21. The SMILES string of the molecule is COc1ccc(CCNC(=O)C2CSCN2)c(OC)c1. The number of carbonyl (C=O) groups is 1. The van der Waals surface area contributed by atoms with Gasteiger partial charge in [-0.1, -0.05) is 6.07 Å². The largest absolute Gasteiger partial charge is 0.497 e. The molecule has 1 fully saturated rings. The van der Waals surface area contributed by atoms with E-state index in [9.17, 15) is 4.79 Å². The smallest absolute Gasteiger partial charge is 0.238 e. The Labute approximate surface area is 123 Å². The van der Waals surface area contributed by atoms with Crippen molar-refractivity contribution >= 4 is 17.7 Å². The molecular weight excluding hydrogens is 276 g/mol. The van der Waals surface area contributed by atoms with Crippen molar-refractivity contribution in [3.05, 3.63) is 23.8 Å². The van der Waals surface area contributed by atoms with Crippen LogP contribution in [-0.2, 0) is 11.2 Å². The molecule has 1 unspecified atom stereocenters. The Morgan fingerprint density at radius 3 is 2.95 bits per heavy atom. The van der Waals surface area contributed by atoms with Crippen molar-refractivity contribution in [1.29, 1.82) is 0 Å². The molecule has 6 heteroatoms. The van der Waals surface area contributed by atoms with Crippen molar-refractivity contribution in [1.82, 2.24) is 10.6 Å². The van der Waals surface area contributed by atoms with E-state index in [0.717, 1.165) is 35.1 Å². The summed E-state index contributed by atoms with van der Waals surface area (Å²) in [7, 11) is 3.26. The van der Waals surface area contributed by atoms with Gasteiger partial charge in [0.2, 0.25) is 5.91 Å². The van der Waals surface area contributed by atoms with Crippen LogP contribution in [0.1, 0.15) is 5.56 Å². The van der Waals surface area contributed by atoms with E-state index < -0.39 is 0 Å². The zero-order valence-corrected chi connectivity index (χ0v) is 12.6. The van der Waals surface area contributed by atoms with Gasteiger partial charge in [0, 0.05) is 24.2 Å². The standard InChI is InChI=1S/C14H20N2O3S/c1-18-11-4-3-10(13(7-11)19-2)5-6-15-14(17)12-8-20-9-16-12/h3-4,7,12,16H,5-6,8-9H2,1-2H3,(H,15,17). The average molecular weight is 296 g/mol. The predicted molar refractivity (Wildman–Crippen MR) is 80.5 cm³/mol. The van der Waals surface area contributed by atoms with Crippen LogP contribution in [-0.4, -0.2) is 44.3 Å². The second kappa shape index (κ2) is 7.40. The molecule has 1 saturated heterocycles. The lowest BCUT2D eigenvalue weighted by Crippen LogP contribution is -2.42. The van der Waals surface area contributed by atoms with E-state index >= 15 is 0 Å². The third-order valence-electron chi connectivity index (χ3n) is 3.22. The van der Waals surface area contributed by atoms with E-state index in [1.807, 2.05) is 18.2 Å². The van der Waals surface area contributed by atoms with Gasteiger partial charge in [-0.15, -0.1) is 11.8 Å². The van der Waals surface area contributed by atoms with E-state index in [1.54, 1.807) is 26.0 Å². The van der Waals surface area contributed by atoms with Gasteiger partial charge in [-0.05, 0) is 18.1 Å². The maximum absolute atomic E-state index is 11.9. The summed E-state index contributed by atoms with van der Waals surface area (Å²) in [6.07, 6.45) is 0.735. The zero-order valence-electron chi connectivity index (χ0n) is 11.8. The summed E-state index contributed by atoms with van der Waals surface area (Å²) in [5, 5.41) is 6.10. The quantitative estimate of drug-likeness (QED) is 0.821. The Bertz CT molecular complexity index is 462. The van der Waals surface area contributed by atoms with Gasteiger partial charge < -0.3 is 14.8 Å². The molecule has 0 saturated carbocycles. The predicted octanol–water partition coefficient (Wildman–Crippen LogP) is 1.02. The van der Waals surface area contributed by atoms with Gasteiger partial charge in [0.1, 0.15) is 11.5 Å². The second-order valence-corrected chi connectivity index (χ2v) is 5.52. The number of amides is 1. The van der Waals surface area contributed by atoms with Crippen molar-refractivity contribution in [3.63, 3.8) is 0 Å². The lowest BCUT2D eigenvalue weighted by atomic mass is 10.1. The van der Waals surface area contributed by atoms with Crippen LogP contribution in [0.25, 0.3) is 0 Å². The Balaban J connectivity index is 1.85. The summed E-state index contributed by atoms with van der Waals surface area (Å²) in [6.45, 7) is 0.602. The molecule has 0 spiro atoms. The molecule has 2 N–H and O–H groups in total. The molecule has 1 aromatic carbocycles. The lowest BCUT2D eigenvalue weighted by Gasteiger charge is -2.12. The first-order valence-corrected chi connectivity index (χ1v) is 7.70. The van der Waals surface area contributed by atoms with Crippen LogP contribution in [0.2, 0.25) is 0 Å². The van der Waals surface area contributed by atoms with Gasteiger partial charge in [0.25, 0.3) is 0 Å². The molecule has 1 amide bonds. The highest BCUT2D eigenvalue weighted by Crippen LogP contribution is 2.24. The normalized spacial score (nSPS) is 17.8. The number of rotatable bonds is 6. The van der Waals surface area contributed by atoms with E-state index in [4.69, 9.17) is 9.47 Å². The molecule has 0 aromatic heterocycles. The van der Waals surface area contributed by atoms with E-state index in [1.165, 1.54) is 0 Å². The molecule has 0 aliphatic carbocycles. The van der Waals surface area contributed by atoms with Crippen LogP contribution in [0.4, 0.5) is 0 Å². The number of nitrogens with one attached hydrogen (secondary N) is 2. The zero-order chi connectivity index (χ0) is 14.4. The van der Waals surface area contributed by atoms with E-state index in [2.05, 4.69) is 10.6 Å². The first-order valence-electron chi connectivity index (χ1n) is 6.54.